The fraction of sp³-hybridized carbons (Fsp3) is 0.154. The van der Waals surface area contributed by atoms with Crippen LogP contribution in [0.1, 0.15) is 35.6 Å². The lowest BCUT2D eigenvalue weighted by atomic mass is 10.0. The molecular formula is C26H18F6. The number of hydrogen-bond acceptors (Lipinski definition) is 0. The van der Waals surface area contributed by atoms with E-state index in [2.05, 4.69) is 6.92 Å². The van der Waals surface area contributed by atoms with Crippen molar-refractivity contribution in [2.75, 3.05) is 0 Å². The molecule has 0 aliphatic heterocycles. The molecule has 0 amide bonds. The monoisotopic (exact) mass is 444 g/mol. The van der Waals surface area contributed by atoms with Crippen LogP contribution < -0.4 is 0 Å². The van der Waals surface area contributed by atoms with Crippen molar-refractivity contribution in [1.82, 2.24) is 0 Å². The first kappa shape index (κ1) is 23.2. The lowest BCUT2D eigenvalue weighted by molar-refractivity contribution is -0.0696. The van der Waals surface area contributed by atoms with Crippen LogP contribution in [0.25, 0.3) is 23.3 Å². The maximum atomic E-state index is 14.5. The molecule has 3 aromatic rings. The first-order chi connectivity index (χ1) is 15.2. The number of benzene rings is 3. The van der Waals surface area contributed by atoms with Crippen LogP contribution in [0.4, 0.5) is 26.3 Å². The van der Waals surface area contributed by atoms with Crippen molar-refractivity contribution < 1.29 is 26.3 Å². The normalized spacial score (nSPS) is 11.5. The highest BCUT2D eigenvalue weighted by molar-refractivity contribution is 5.73. The summed E-state index contributed by atoms with van der Waals surface area (Å²) in [6.07, 6.45) is -0.260. The van der Waals surface area contributed by atoms with Crippen LogP contribution in [0.2, 0.25) is 0 Å². The average molecular weight is 444 g/mol. The zero-order valence-electron chi connectivity index (χ0n) is 17.0. The topological polar surface area (TPSA) is 0 Å². The third-order valence-corrected chi connectivity index (χ3v) is 4.68. The highest BCUT2D eigenvalue weighted by Gasteiger charge is 2.23. The second-order valence-corrected chi connectivity index (χ2v) is 7.12. The summed E-state index contributed by atoms with van der Waals surface area (Å²) in [6.45, 7) is 2.09. The van der Waals surface area contributed by atoms with E-state index in [0.29, 0.717) is 5.56 Å². The van der Waals surface area contributed by atoms with Gasteiger partial charge in [0.1, 0.15) is 17.5 Å². The van der Waals surface area contributed by atoms with Crippen LogP contribution in [-0.2, 0) is 6.42 Å². The summed E-state index contributed by atoms with van der Waals surface area (Å²) in [5.41, 5.74) is 1.99. The molecule has 0 atom stereocenters. The van der Waals surface area contributed by atoms with E-state index in [-0.39, 0.29) is 11.1 Å². The van der Waals surface area contributed by atoms with Gasteiger partial charge >= 0.3 is 6.18 Å². The molecule has 3 aromatic carbocycles. The van der Waals surface area contributed by atoms with E-state index in [1.807, 2.05) is 24.3 Å². The largest absolute Gasteiger partial charge is 0.458 e. The molecule has 3 rings (SSSR count). The molecule has 0 unspecified atom stereocenters. The van der Waals surface area contributed by atoms with Crippen molar-refractivity contribution in [2.24, 2.45) is 0 Å². The van der Waals surface area contributed by atoms with Gasteiger partial charge in [-0.3, -0.25) is 0 Å². The Morgan fingerprint density at radius 2 is 1.41 bits per heavy atom. The summed E-state index contributed by atoms with van der Waals surface area (Å²) < 4.78 is 79.0. The van der Waals surface area contributed by atoms with E-state index in [1.165, 1.54) is 35.8 Å². The quantitative estimate of drug-likeness (QED) is 0.214. The number of alkyl halides is 3. The number of halogens is 6. The van der Waals surface area contributed by atoms with Gasteiger partial charge in [0.15, 0.2) is 0 Å². The molecule has 0 fully saturated rings. The van der Waals surface area contributed by atoms with Crippen LogP contribution in [-0.4, -0.2) is 6.18 Å². The van der Waals surface area contributed by atoms with Gasteiger partial charge in [-0.15, -0.1) is 0 Å². The molecule has 0 aliphatic rings. The summed E-state index contributed by atoms with van der Waals surface area (Å²) in [5.74, 6) is -0.699. The van der Waals surface area contributed by atoms with Crippen molar-refractivity contribution in [1.29, 1.82) is 0 Å². The van der Waals surface area contributed by atoms with E-state index in [1.54, 1.807) is 6.07 Å². The number of hydrogen-bond donors (Lipinski definition) is 0. The molecule has 0 radical (unpaired) electrons. The second kappa shape index (κ2) is 9.78. The zero-order chi connectivity index (χ0) is 23.3. The average Bonchev–Trinajstić information content (AvgIpc) is 2.72. The van der Waals surface area contributed by atoms with Gasteiger partial charge in [-0.05, 0) is 46.9 Å². The SMILES string of the molecule is CCCc1ccc(-c2ccc(/C=C/c3cc(F)c(C#CC(F)(F)F)c(F)c3)c(F)c2)cc1. The number of rotatable bonds is 5. The molecule has 0 saturated heterocycles. The lowest BCUT2D eigenvalue weighted by Crippen LogP contribution is -2.02. The highest BCUT2D eigenvalue weighted by Crippen LogP contribution is 2.24. The molecule has 6 heteroatoms. The van der Waals surface area contributed by atoms with E-state index < -0.39 is 29.2 Å². The fourth-order valence-corrected chi connectivity index (χ4v) is 3.12. The summed E-state index contributed by atoms with van der Waals surface area (Å²) in [6, 6.07) is 14.1. The standard InChI is InChI=1S/C26H18F6/c1-2-3-17-4-7-19(8-5-17)21-11-10-20(23(27)16-21)9-6-18-14-24(28)22(25(29)15-18)12-13-26(30,31)32/h4-11,14-16H,2-3H2,1H3/b9-6+. The molecule has 0 saturated carbocycles. The second-order valence-electron chi connectivity index (χ2n) is 7.12. The minimum atomic E-state index is -4.86. The molecule has 0 aromatic heterocycles. The Labute approximate surface area is 182 Å². The van der Waals surface area contributed by atoms with E-state index in [9.17, 15) is 26.3 Å². The first-order valence-corrected chi connectivity index (χ1v) is 9.82. The third-order valence-electron chi connectivity index (χ3n) is 4.68. The minimum Gasteiger partial charge on any atom is -0.206 e. The Hall–Kier alpha value is -3.46. The van der Waals surface area contributed by atoms with Gasteiger partial charge < -0.3 is 0 Å². The Morgan fingerprint density at radius 3 is 1.97 bits per heavy atom. The van der Waals surface area contributed by atoms with Crippen LogP contribution in [0.5, 0.6) is 0 Å². The van der Waals surface area contributed by atoms with E-state index >= 15 is 0 Å². The maximum absolute atomic E-state index is 14.5. The maximum Gasteiger partial charge on any atom is 0.458 e. The van der Waals surface area contributed by atoms with Crippen LogP contribution in [0, 0.1) is 29.3 Å². The summed E-state index contributed by atoms with van der Waals surface area (Å²) in [7, 11) is 0. The number of aryl methyl sites for hydroxylation is 1. The smallest absolute Gasteiger partial charge is 0.206 e. The highest BCUT2D eigenvalue weighted by atomic mass is 19.4. The summed E-state index contributed by atoms with van der Waals surface area (Å²) >= 11 is 0. The molecule has 164 valence electrons. The Balaban J connectivity index is 1.81. The van der Waals surface area contributed by atoms with Gasteiger partial charge in [-0.25, -0.2) is 13.2 Å². The molecule has 0 spiro atoms. The van der Waals surface area contributed by atoms with Crippen molar-refractivity contribution in [2.45, 2.75) is 25.9 Å². The molecule has 0 heterocycles. The predicted octanol–water partition coefficient (Wildman–Crippen LogP) is 7.81. The summed E-state index contributed by atoms with van der Waals surface area (Å²) in [4.78, 5) is 0. The lowest BCUT2D eigenvalue weighted by Gasteiger charge is -2.06. The van der Waals surface area contributed by atoms with Gasteiger partial charge in [-0.1, -0.05) is 67.8 Å². The summed E-state index contributed by atoms with van der Waals surface area (Å²) in [5, 5.41) is 0. The molecule has 0 nitrogen and oxygen atoms in total. The molecule has 0 bridgehead atoms. The molecule has 0 N–H and O–H groups in total. The van der Waals surface area contributed by atoms with Gasteiger partial charge in [0, 0.05) is 11.5 Å². The van der Waals surface area contributed by atoms with Crippen LogP contribution in [0.3, 0.4) is 0 Å². The molecule has 32 heavy (non-hydrogen) atoms. The Morgan fingerprint density at radius 1 is 0.781 bits per heavy atom. The minimum absolute atomic E-state index is 0.0209. The molecular weight excluding hydrogens is 426 g/mol. The fourth-order valence-electron chi connectivity index (χ4n) is 3.12. The van der Waals surface area contributed by atoms with Crippen molar-refractivity contribution in [3.05, 3.63) is 94.3 Å². The van der Waals surface area contributed by atoms with Crippen LogP contribution >= 0.6 is 0 Å². The van der Waals surface area contributed by atoms with Gasteiger partial charge in [-0.2, -0.15) is 13.2 Å². The van der Waals surface area contributed by atoms with Gasteiger partial charge in [0.05, 0.1) is 5.56 Å². The van der Waals surface area contributed by atoms with Gasteiger partial charge in [0.25, 0.3) is 0 Å². The third kappa shape index (κ3) is 6.04. The molecule has 0 aliphatic carbocycles. The predicted molar refractivity (Wildman–Crippen MR) is 114 cm³/mol. The Kier molecular flexibility index (Phi) is 7.09. The van der Waals surface area contributed by atoms with Crippen molar-refractivity contribution in [3.63, 3.8) is 0 Å². The van der Waals surface area contributed by atoms with E-state index in [0.717, 1.165) is 36.5 Å². The van der Waals surface area contributed by atoms with Gasteiger partial charge in [0.2, 0.25) is 0 Å². The van der Waals surface area contributed by atoms with Crippen molar-refractivity contribution in [3.8, 4) is 23.0 Å². The van der Waals surface area contributed by atoms with Crippen LogP contribution in [0.15, 0.2) is 54.6 Å². The van der Waals surface area contributed by atoms with E-state index in [4.69, 9.17) is 0 Å². The first-order valence-electron chi connectivity index (χ1n) is 9.82. The zero-order valence-corrected chi connectivity index (χ0v) is 17.0. The Bertz CT molecular complexity index is 1170. The van der Waals surface area contributed by atoms with Crippen molar-refractivity contribution >= 4 is 12.2 Å².